The second kappa shape index (κ2) is 6.46. The molecule has 2 aromatic carbocycles. The molecule has 0 radical (unpaired) electrons. The Balaban J connectivity index is 2.06. The summed E-state index contributed by atoms with van der Waals surface area (Å²) in [5.74, 6) is 1.44. The van der Waals surface area contributed by atoms with Crippen LogP contribution in [0.2, 0.25) is 0 Å². The lowest BCUT2D eigenvalue weighted by atomic mass is 10.1. The van der Waals surface area contributed by atoms with Gasteiger partial charge in [-0.2, -0.15) is 0 Å². The average Bonchev–Trinajstić information content (AvgIpc) is 2.45. The lowest BCUT2D eigenvalue weighted by molar-refractivity contribution is 0.305. The Morgan fingerprint density at radius 2 is 1.78 bits per heavy atom. The normalized spacial score (nSPS) is 10.3. The SMILES string of the molecule is CCc1cccc(OCc2ccccc2CCl)c1. The second-order valence-corrected chi connectivity index (χ2v) is 4.46. The molecular weight excluding hydrogens is 244 g/mol. The van der Waals surface area contributed by atoms with Crippen LogP contribution in [0.15, 0.2) is 48.5 Å². The zero-order valence-electron chi connectivity index (χ0n) is 10.5. The Kier molecular flexibility index (Phi) is 4.66. The van der Waals surface area contributed by atoms with Gasteiger partial charge in [0.1, 0.15) is 12.4 Å². The van der Waals surface area contributed by atoms with Gasteiger partial charge in [-0.25, -0.2) is 0 Å². The lowest BCUT2D eigenvalue weighted by Crippen LogP contribution is -1.99. The van der Waals surface area contributed by atoms with Gasteiger partial charge in [-0.15, -0.1) is 11.6 Å². The molecule has 1 nitrogen and oxygen atoms in total. The van der Waals surface area contributed by atoms with Gasteiger partial charge in [0.05, 0.1) is 0 Å². The van der Waals surface area contributed by atoms with Gasteiger partial charge < -0.3 is 4.74 Å². The number of alkyl halides is 1. The predicted octanol–water partition coefficient (Wildman–Crippen LogP) is 4.57. The number of aryl methyl sites for hydroxylation is 1. The minimum absolute atomic E-state index is 0.522. The van der Waals surface area contributed by atoms with Crippen LogP contribution in [0.25, 0.3) is 0 Å². The summed E-state index contributed by atoms with van der Waals surface area (Å²) in [6.45, 7) is 2.71. The molecular formula is C16H17ClO. The molecule has 0 amide bonds. The first-order chi connectivity index (χ1) is 8.83. The number of ether oxygens (including phenoxy) is 1. The first-order valence-corrected chi connectivity index (χ1v) is 6.71. The van der Waals surface area contributed by atoms with E-state index in [1.807, 2.05) is 30.3 Å². The molecule has 94 valence electrons. The van der Waals surface area contributed by atoms with Gasteiger partial charge in [0.25, 0.3) is 0 Å². The molecule has 0 bridgehead atoms. The van der Waals surface area contributed by atoms with E-state index in [9.17, 15) is 0 Å². The molecule has 0 unspecified atom stereocenters. The number of hydrogen-bond donors (Lipinski definition) is 0. The number of benzene rings is 2. The molecule has 0 atom stereocenters. The molecule has 0 aromatic heterocycles. The summed E-state index contributed by atoms with van der Waals surface area (Å²) in [6.07, 6.45) is 1.02. The van der Waals surface area contributed by atoms with Gasteiger partial charge in [-0.05, 0) is 35.2 Å². The number of rotatable bonds is 5. The highest BCUT2D eigenvalue weighted by atomic mass is 35.5. The third-order valence-electron chi connectivity index (χ3n) is 2.96. The highest BCUT2D eigenvalue weighted by Crippen LogP contribution is 2.18. The van der Waals surface area contributed by atoms with Crippen LogP contribution < -0.4 is 4.74 Å². The van der Waals surface area contributed by atoms with Crippen molar-refractivity contribution in [3.05, 3.63) is 65.2 Å². The minimum Gasteiger partial charge on any atom is -0.489 e. The van der Waals surface area contributed by atoms with Crippen LogP contribution in [-0.2, 0) is 18.9 Å². The van der Waals surface area contributed by atoms with Gasteiger partial charge in [-0.3, -0.25) is 0 Å². The minimum atomic E-state index is 0.522. The summed E-state index contributed by atoms with van der Waals surface area (Å²) in [5.41, 5.74) is 3.57. The Bertz CT molecular complexity index is 508. The van der Waals surface area contributed by atoms with Crippen LogP contribution in [0, 0.1) is 0 Å². The largest absolute Gasteiger partial charge is 0.489 e. The van der Waals surface area contributed by atoms with E-state index in [0.29, 0.717) is 12.5 Å². The molecule has 2 rings (SSSR count). The Morgan fingerprint density at radius 1 is 1.00 bits per heavy atom. The van der Waals surface area contributed by atoms with Gasteiger partial charge in [0, 0.05) is 5.88 Å². The third kappa shape index (κ3) is 3.27. The van der Waals surface area contributed by atoms with Gasteiger partial charge in [-0.1, -0.05) is 43.3 Å². The summed E-state index contributed by atoms with van der Waals surface area (Å²) in [5, 5.41) is 0. The summed E-state index contributed by atoms with van der Waals surface area (Å²) in [6, 6.07) is 16.3. The predicted molar refractivity (Wildman–Crippen MR) is 76.2 cm³/mol. The number of halogens is 1. The zero-order valence-corrected chi connectivity index (χ0v) is 11.3. The second-order valence-electron chi connectivity index (χ2n) is 4.19. The van der Waals surface area contributed by atoms with Crippen LogP contribution in [0.5, 0.6) is 5.75 Å². The third-order valence-corrected chi connectivity index (χ3v) is 3.25. The van der Waals surface area contributed by atoms with Crippen molar-refractivity contribution in [1.29, 1.82) is 0 Å². The molecule has 18 heavy (non-hydrogen) atoms. The van der Waals surface area contributed by atoms with Crippen molar-refractivity contribution in [2.24, 2.45) is 0 Å². The molecule has 2 aromatic rings. The standard InChI is InChI=1S/C16H17ClO/c1-2-13-6-5-9-16(10-13)18-12-15-8-4-3-7-14(15)11-17/h3-10H,2,11-12H2,1H3. The topological polar surface area (TPSA) is 9.23 Å². The molecule has 0 spiro atoms. The van der Waals surface area contributed by atoms with Gasteiger partial charge in [0.15, 0.2) is 0 Å². The Morgan fingerprint density at radius 3 is 2.50 bits per heavy atom. The van der Waals surface area contributed by atoms with Crippen molar-refractivity contribution < 1.29 is 4.74 Å². The molecule has 0 saturated carbocycles. The van der Waals surface area contributed by atoms with Crippen molar-refractivity contribution in [3.63, 3.8) is 0 Å². The van der Waals surface area contributed by atoms with Crippen LogP contribution in [-0.4, -0.2) is 0 Å². The van der Waals surface area contributed by atoms with Crippen LogP contribution in [0.3, 0.4) is 0 Å². The summed E-state index contributed by atoms with van der Waals surface area (Å²) < 4.78 is 5.82. The van der Waals surface area contributed by atoms with E-state index in [2.05, 4.69) is 25.1 Å². The van der Waals surface area contributed by atoms with Crippen LogP contribution in [0.4, 0.5) is 0 Å². The van der Waals surface area contributed by atoms with E-state index in [1.54, 1.807) is 0 Å². The van der Waals surface area contributed by atoms with Crippen molar-refractivity contribution >= 4 is 11.6 Å². The molecule has 0 aliphatic rings. The molecule has 0 heterocycles. The van der Waals surface area contributed by atoms with E-state index >= 15 is 0 Å². The first kappa shape index (κ1) is 13.0. The molecule has 0 saturated heterocycles. The zero-order chi connectivity index (χ0) is 12.8. The highest BCUT2D eigenvalue weighted by molar-refractivity contribution is 6.17. The molecule has 0 fully saturated rings. The maximum absolute atomic E-state index is 5.91. The van der Waals surface area contributed by atoms with Crippen molar-refractivity contribution in [2.75, 3.05) is 0 Å². The highest BCUT2D eigenvalue weighted by Gasteiger charge is 2.02. The summed E-state index contributed by atoms with van der Waals surface area (Å²) in [4.78, 5) is 0. The van der Waals surface area contributed by atoms with E-state index in [-0.39, 0.29) is 0 Å². The van der Waals surface area contributed by atoms with Crippen LogP contribution in [0.1, 0.15) is 23.6 Å². The van der Waals surface area contributed by atoms with E-state index < -0.39 is 0 Å². The fourth-order valence-electron chi connectivity index (χ4n) is 1.84. The van der Waals surface area contributed by atoms with Crippen molar-refractivity contribution in [2.45, 2.75) is 25.8 Å². The summed E-state index contributed by atoms with van der Waals surface area (Å²) >= 11 is 5.91. The quantitative estimate of drug-likeness (QED) is 0.716. The fourth-order valence-corrected chi connectivity index (χ4v) is 2.11. The van der Waals surface area contributed by atoms with Crippen molar-refractivity contribution in [3.8, 4) is 5.75 Å². The molecule has 0 aliphatic heterocycles. The van der Waals surface area contributed by atoms with Crippen LogP contribution >= 0.6 is 11.6 Å². The smallest absolute Gasteiger partial charge is 0.120 e. The van der Waals surface area contributed by atoms with E-state index in [4.69, 9.17) is 16.3 Å². The van der Waals surface area contributed by atoms with Gasteiger partial charge >= 0.3 is 0 Å². The lowest BCUT2D eigenvalue weighted by Gasteiger charge is -2.10. The monoisotopic (exact) mass is 260 g/mol. The van der Waals surface area contributed by atoms with Gasteiger partial charge in [0.2, 0.25) is 0 Å². The van der Waals surface area contributed by atoms with Crippen molar-refractivity contribution in [1.82, 2.24) is 0 Å². The van der Waals surface area contributed by atoms with E-state index in [1.165, 1.54) is 5.56 Å². The van der Waals surface area contributed by atoms with E-state index in [0.717, 1.165) is 23.3 Å². The summed E-state index contributed by atoms with van der Waals surface area (Å²) in [7, 11) is 0. The molecule has 2 heteroatoms. The Hall–Kier alpha value is -1.47. The number of hydrogen-bond acceptors (Lipinski definition) is 1. The molecule has 0 aliphatic carbocycles. The fraction of sp³-hybridized carbons (Fsp3) is 0.250. The maximum atomic E-state index is 5.91. The molecule has 0 N–H and O–H groups in total. The Labute approximate surface area is 113 Å². The maximum Gasteiger partial charge on any atom is 0.120 e. The first-order valence-electron chi connectivity index (χ1n) is 6.18. The average molecular weight is 261 g/mol.